The molecule has 34 heavy (non-hydrogen) atoms. The van der Waals surface area contributed by atoms with Gasteiger partial charge < -0.3 is 9.47 Å². The van der Waals surface area contributed by atoms with Crippen LogP contribution >= 0.6 is 0 Å². The molecule has 0 aliphatic heterocycles. The third-order valence-electron chi connectivity index (χ3n) is 6.63. The molecule has 202 valence electrons. The van der Waals surface area contributed by atoms with Crippen molar-refractivity contribution in [2.45, 2.75) is 168 Å². The lowest BCUT2D eigenvalue weighted by Crippen LogP contribution is -2.21. The minimum absolute atomic E-state index is 0.323. The molecule has 0 aromatic carbocycles. The minimum Gasteiger partial charge on any atom is -0.457 e. The molecule has 0 saturated carbocycles. The van der Waals surface area contributed by atoms with Crippen molar-refractivity contribution in [1.29, 1.82) is 0 Å². The lowest BCUT2D eigenvalue weighted by molar-refractivity contribution is -0.167. The van der Waals surface area contributed by atoms with E-state index in [0.29, 0.717) is 13.2 Å². The summed E-state index contributed by atoms with van der Waals surface area (Å²) in [5, 5.41) is 0. The normalized spacial score (nSPS) is 11.0. The van der Waals surface area contributed by atoms with Gasteiger partial charge in [-0.3, -0.25) is 0 Å². The van der Waals surface area contributed by atoms with Gasteiger partial charge in [-0.2, -0.15) is 0 Å². The van der Waals surface area contributed by atoms with Crippen molar-refractivity contribution >= 4 is 11.9 Å². The highest BCUT2D eigenvalue weighted by molar-refractivity contribution is 6.29. The molecule has 0 N–H and O–H groups in total. The highest BCUT2D eigenvalue weighted by atomic mass is 16.6. The molecule has 0 heterocycles. The van der Waals surface area contributed by atoms with Gasteiger partial charge in [-0.15, -0.1) is 0 Å². The Morgan fingerprint density at radius 2 is 0.559 bits per heavy atom. The molecule has 0 amide bonds. The quantitative estimate of drug-likeness (QED) is 0.0699. The molecule has 0 aliphatic carbocycles. The predicted molar refractivity (Wildman–Crippen MR) is 144 cm³/mol. The Bertz CT molecular complexity index is 396. The summed E-state index contributed by atoms with van der Waals surface area (Å²) in [5.41, 5.74) is 0. The van der Waals surface area contributed by atoms with E-state index in [2.05, 4.69) is 13.8 Å². The summed E-state index contributed by atoms with van der Waals surface area (Å²) in [6, 6.07) is 0. The molecule has 0 aromatic heterocycles. The summed E-state index contributed by atoms with van der Waals surface area (Å²) in [7, 11) is 0. The Morgan fingerprint density at radius 3 is 0.794 bits per heavy atom. The zero-order chi connectivity index (χ0) is 25.0. The number of hydrogen-bond donors (Lipinski definition) is 0. The van der Waals surface area contributed by atoms with Gasteiger partial charge >= 0.3 is 11.9 Å². The Balaban J connectivity index is 3.29. The third kappa shape index (κ3) is 25.6. The fraction of sp³-hybridized carbons (Fsp3) is 0.933. The summed E-state index contributed by atoms with van der Waals surface area (Å²) in [6.07, 6.45) is 30.3. The van der Waals surface area contributed by atoms with Gasteiger partial charge in [0.2, 0.25) is 0 Å². The van der Waals surface area contributed by atoms with E-state index in [9.17, 15) is 9.59 Å². The largest absolute Gasteiger partial charge is 0.457 e. The second kappa shape index (κ2) is 28.2. The number of rotatable bonds is 26. The number of esters is 2. The van der Waals surface area contributed by atoms with Gasteiger partial charge in [-0.25, -0.2) is 9.59 Å². The predicted octanol–water partition coefficient (Wildman–Crippen LogP) is 9.48. The summed E-state index contributed by atoms with van der Waals surface area (Å²) in [4.78, 5) is 23.4. The van der Waals surface area contributed by atoms with Crippen LogP contribution in [0.4, 0.5) is 0 Å². The molecule has 0 aromatic rings. The number of unbranched alkanes of at least 4 members (excludes halogenated alkanes) is 22. The molecule has 0 radical (unpaired) electrons. The molecule has 0 atom stereocenters. The zero-order valence-electron chi connectivity index (χ0n) is 23.0. The van der Waals surface area contributed by atoms with E-state index >= 15 is 0 Å². The van der Waals surface area contributed by atoms with Crippen molar-refractivity contribution in [2.75, 3.05) is 13.2 Å². The van der Waals surface area contributed by atoms with Crippen molar-refractivity contribution in [3.63, 3.8) is 0 Å². The summed E-state index contributed by atoms with van der Waals surface area (Å²) in [5.74, 6) is -1.66. The van der Waals surface area contributed by atoms with Crippen LogP contribution in [0.1, 0.15) is 168 Å². The van der Waals surface area contributed by atoms with Gasteiger partial charge in [0, 0.05) is 0 Å². The fourth-order valence-electron chi connectivity index (χ4n) is 4.33. The van der Waals surface area contributed by atoms with Gasteiger partial charge in [0.05, 0.1) is 13.2 Å². The summed E-state index contributed by atoms with van der Waals surface area (Å²) >= 11 is 0. The van der Waals surface area contributed by atoms with Crippen molar-refractivity contribution in [2.24, 2.45) is 0 Å². The number of hydrogen-bond acceptors (Lipinski definition) is 4. The number of ether oxygens (including phenoxy) is 2. The van der Waals surface area contributed by atoms with Crippen molar-refractivity contribution < 1.29 is 19.1 Å². The highest BCUT2D eigenvalue weighted by Gasteiger charge is 2.16. The van der Waals surface area contributed by atoms with Gasteiger partial charge in [0.25, 0.3) is 0 Å². The van der Waals surface area contributed by atoms with Crippen molar-refractivity contribution in [3.8, 4) is 0 Å². The summed E-state index contributed by atoms with van der Waals surface area (Å²) in [6.45, 7) is 5.16. The van der Waals surface area contributed by atoms with E-state index in [-0.39, 0.29) is 0 Å². The molecule has 0 unspecified atom stereocenters. The standard InChI is InChI=1S/C30H58O4/c1-3-5-7-9-11-13-15-17-19-21-23-25-27-33-29(31)30(32)34-28-26-24-22-20-18-16-14-12-10-8-6-4-2/h3-28H2,1-2H3. The maximum absolute atomic E-state index is 11.7. The number of carbonyl (C=O) groups is 2. The molecule has 4 nitrogen and oxygen atoms in total. The lowest BCUT2D eigenvalue weighted by Gasteiger charge is -2.06. The first kappa shape index (κ1) is 32.9. The van der Waals surface area contributed by atoms with Gasteiger partial charge in [-0.1, -0.05) is 155 Å². The van der Waals surface area contributed by atoms with Crippen LogP contribution in [-0.4, -0.2) is 25.2 Å². The molecular formula is C30H58O4. The second-order valence-electron chi connectivity index (χ2n) is 10.1. The fourth-order valence-corrected chi connectivity index (χ4v) is 4.33. The van der Waals surface area contributed by atoms with Gasteiger partial charge in [-0.05, 0) is 12.8 Å². The first-order valence-electron chi connectivity index (χ1n) is 15.1. The van der Waals surface area contributed by atoms with Crippen LogP contribution in [-0.2, 0) is 19.1 Å². The van der Waals surface area contributed by atoms with Crippen LogP contribution in [0.5, 0.6) is 0 Å². The minimum atomic E-state index is -0.831. The molecule has 0 rings (SSSR count). The second-order valence-corrected chi connectivity index (χ2v) is 10.1. The highest BCUT2D eigenvalue weighted by Crippen LogP contribution is 2.13. The molecule has 4 heteroatoms. The van der Waals surface area contributed by atoms with Crippen LogP contribution in [0.25, 0.3) is 0 Å². The maximum atomic E-state index is 11.7. The number of carbonyl (C=O) groups excluding carboxylic acids is 2. The van der Waals surface area contributed by atoms with E-state index in [0.717, 1.165) is 25.7 Å². The smallest absolute Gasteiger partial charge is 0.417 e. The monoisotopic (exact) mass is 482 g/mol. The van der Waals surface area contributed by atoms with Crippen LogP contribution in [0, 0.1) is 0 Å². The molecule has 0 fully saturated rings. The molecular weight excluding hydrogens is 424 g/mol. The molecule has 0 saturated heterocycles. The van der Waals surface area contributed by atoms with E-state index in [1.54, 1.807) is 0 Å². The lowest BCUT2D eigenvalue weighted by atomic mass is 10.1. The van der Waals surface area contributed by atoms with Crippen molar-refractivity contribution in [1.82, 2.24) is 0 Å². The Labute approximate surface area is 212 Å². The Morgan fingerprint density at radius 1 is 0.353 bits per heavy atom. The van der Waals surface area contributed by atoms with E-state index in [1.807, 2.05) is 0 Å². The topological polar surface area (TPSA) is 52.6 Å². The van der Waals surface area contributed by atoms with Crippen LogP contribution in [0.3, 0.4) is 0 Å². The Kier molecular flexibility index (Phi) is 27.3. The van der Waals surface area contributed by atoms with Crippen molar-refractivity contribution in [3.05, 3.63) is 0 Å². The molecule has 0 spiro atoms. The first-order chi connectivity index (χ1) is 16.7. The van der Waals surface area contributed by atoms with Crippen LogP contribution in [0.15, 0.2) is 0 Å². The SMILES string of the molecule is CCCCCCCCCCCCCCOC(=O)C(=O)OCCCCCCCCCCCCCC. The van der Waals surface area contributed by atoms with E-state index in [1.165, 1.54) is 128 Å². The first-order valence-corrected chi connectivity index (χ1v) is 15.1. The van der Waals surface area contributed by atoms with Crippen LogP contribution < -0.4 is 0 Å². The van der Waals surface area contributed by atoms with Crippen LogP contribution in [0.2, 0.25) is 0 Å². The van der Waals surface area contributed by atoms with E-state index in [4.69, 9.17) is 9.47 Å². The molecule has 0 bridgehead atoms. The molecule has 0 aliphatic rings. The average Bonchev–Trinajstić information content (AvgIpc) is 2.84. The van der Waals surface area contributed by atoms with E-state index < -0.39 is 11.9 Å². The summed E-state index contributed by atoms with van der Waals surface area (Å²) < 4.78 is 10.1. The third-order valence-corrected chi connectivity index (χ3v) is 6.63. The zero-order valence-corrected chi connectivity index (χ0v) is 23.0. The average molecular weight is 483 g/mol. The Hall–Kier alpha value is -1.06. The van der Waals surface area contributed by atoms with Gasteiger partial charge in [0.1, 0.15) is 0 Å². The van der Waals surface area contributed by atoms with Gasteiger partial charge in [0.15, 0.2) is 0 Å². The maximum Gasteiger partial charge on any atom is 0.417 e.